The summed E-state index contributed by atoms with van der Waals surface area (Å²) in [5, 5.41) is 7.09. The highest BCUT2D eigenvalue weighted by Gasteiger charge is 2.66. The highest BCUT2D eigenvalue weighted by atomic mass is 16.5. The fraction of sp³-hybridized carbons (Fsp3) is 0.789. The van der Waals surface area contributed by atoms with Crippen LogP contribution in [0.4, 0.5) is 11.6 Å². The van der Waals surface area contributed by atoms with Crippen LogP contribution in [0.25, 0.3) is 0 Å². The van der Waals surface area contributed by atoms with E-state index in [4.69, 9.17) is 4.74 Å². The molecule has 2 aliphatic heterocycles. The molecule has 6 nitrogen and oxygen atoms in total. The van der Waals surface area contributed by atoms with Gasteiger partial charge in [-0.1, -0.05) is 6.42 Å². The van der Waals surface area contributed by atoms with Gasteiger partial charge in [-0.2, -0.15) is 0 Å². The summed E-state index contributed by atoms with van der Waals surface area (Å²) >= 11 is 0. The molecule has 0 amide bonds. The summed E-state index contributed by atoms with van der Waals surface area (Å²) in [6.45, 7) is 3.13. The van der Waals surface area contributed by atoms with Gasteiger partial charge in [-0.15, -0.1) is 0 Å². The Balaban J connectivity index is 1.26. The summed E-state index contributed by atoms with van der Waals surface area (Å²) in [6.07, 6.45) is 10.1. The largest absolute Gasteiger partial charge is 0.377 e. The zero-order valence-corrected chi connectivity index (χ0v) is 15.1. The molecule has 1 spiro atoms. The fourth-order valence-electron chi connectivity index (χ4n) is 5.81. The van der Waals surface area contributed by atoms with Crippen LogP contribution in [0.2, 0.25) is 0 Å². The molecule has 1 aromatic rings. The fourth-order valence-corrected chi connectivity index (χ4v) is 5.81. The van der Waals surface area contributed by atoms with Gasteiger partial charge < -0.3 is 20.3 Å². The Morgan fingerprint density at radius 3 is 3.00 bits per heavy atom. The molecule has 136 valence electrons. The number of ether oxygens (including phenoxy) is 1. The van der Waals surface area contributed by atoms with Crippen LogP contribution in [0.15, 0.2) is 12.4 Å². The third-order valence-electron chi connectivity index (χ3n) is 7.19. The third kappa shape index (κ3) is 2.37. The highest BCUT2D eigenvalue weighted by Crippen LogP contribution is 2.62. The Morgan fingerprint density at radius 2 is 2.20 bits per heavy atom. The topological polar surface area (TPSA) is 62.3 Å². The van der Waals surface area contributed by atoms with Gasteiger partial charge in [0.25, 0.3) is 0 Å². The van der Waals surface area contributed by atoms with Crippen LogP contribution >= 0.6 is 0 Å². The standard InChI is InChI=1S/C19H29N5O/c1-20-15-10-16(23-12-22-15)24-8-2-4-13(24)11-21-17-14-5-9-25-18(14)19(17)6-3-7-19/h10,12-14,17-18,21H,2-9,11H2,1H3,(H,20,22,23)/t13-,14+,17+,18+/m0/s1. The Hall–Kier alpha value is -1.40. The summed E-state index contributed by atoms with van der Waals surface area (Å²) in [7, 11) is 1.91. The van der Waals surface area contributed by atoms with Gasteiger partial charge in [0, 0.05) is 56.2 Å². The molecule has 4 atom stereocenters. The Bertz CT molecular complexity index is 634. The van der Waals surface area contributed by atoms with Crippen LogP contribution in [0.1, 0.15) is 38.5 Å². The highest BCUT2D eigenvalue weighted by molar-refractivity contribution is 5.49. The van der Waals surface area contributed by atoms with E-state index >= 15 is 0 Å². The minimum Gasteiger partial charge on any atom is -0.377 e. The zero-order chi connectivity index (χ0) is 16.9. The van der Waals surface area contributed by atoms with Gasteiger partial charge in [-0.3, -0.25) is 0 Å². The third-order valence-corrected chi connectivity index (χ3v) is 7.19. The van der Waals surface area contributed by atoms with Crippen molar-refractivity contribution < 1.29 is 4.74 Å². The summed E-state index contributed by atoms with van der Waals surface area (Å²) in [5.41, 5.74) is 0.471. The number of fused-ring (bicyclic) bond motifs is 2. The first-order valence-corrected chi connectivity index (χ1v) is 9.93. The van der Waals surface area contributed by atoms with Gasteiger partial charge >= 0.3 is 0 Å². The Kier molecular flexibility index (Phi) is 3.86. The molecule has 0 radical (unpaired) electrons. The van der Waals surface area contributed by atoms with Crippen LogP contribution < -0.4 is 15.5 Å². The second-order valence-electron chi connectivity index (χ2n) is 8.22. The van der Waals surface area contributed by atoms with Crippen molar-refractivity contribution in [2.45, 2.75) is 56.7 Å². The monoisotopic (exact) mass is 343 g/mol. The van der Waals surface area contributed by atoms with Gasteiger partial charge in [0.05, 0.1) is 6.10 Å². The van der Waals surface area contributed by atoms with Crippen LogP contribution in [0, 0.1) is 11.3 Å². The predicted octanol–water partition coefficient (Wildman–Crippen LogP) is 2.03. The number of hydrogen-bond donors (Lipinski definition) is 2. The van der Waals surface area contributed by atoms with Crippen LogP contribution in [0.5, 0.6) is 0 Å². The molecular weight excluding hydrogens is 314 g/mol. The van der Waals surface area contributed by atoms with E-state index in [0.717, 1.165) is 37.3 Å². The van der Waals surface area contributed by atoms with Crippen LogP contribution in [-0.4, -0.2) is 54.9 Å². The normalized spacial score (nSPS) is 35.3. The quantitative estimate of drug-likeness (QED) is 0.853. The second-order valence-corrected chi connectivity index (χ2v) is 8.22. The van der Waals surface area contributed by atoms with E-state index in [2.05, 4.69) is 31.6 Å². The molecule has 2 saturated carbocycles. The van der Waals surface area contributed by atoms with Crippen molar-refractivity contribution in [3.8, 4) is 0 Å². The molecule has 0 bridgehead atoms. The number of anilines is 2. The maximum absolute atomic E-state index is 6.05. The summed E-state index contributed by atoms with van der Waals surface area (Å²) in [5.74, 6) is 2.70. The van der Waals surface area contributed by atoms with Gasteiger partial charge in [0.1, 0.15) is 18.0 Å². The van der Waals surface area contributed by atoms with E-state index in [1.165, 1.54) is 38.5 Å². The van der Waals surface area contributed by atoms with Gasteiger partial charge in [0.15, 0.2) is 0 Å². The average molecular weight is 343 g/mol. The van der Waals surface area contributed by atoms with Crippen molar-refractivity contribution in [1.29, 1.82) is 0 Å². The molecule has 2 N–H and O–H groups in total. The molecule has 4 fully saturated rings. The van der Waals surface area contributed by atoms with E-state index in [0.29, 0.717) is 23.6 Å². The van der Waals surface area contributed by atoms with Crippen molar-refractivity contribution >= 4 is 11.6 Å². The first-order valence-electron chi connectivity index (χ1n) is 9.93. The first-order chi connectivity index (χ1) is 12.3. The minimum absolute atomic E-state index is 0.471. The Morgan fingerprint density at radius 1 is 1.28 bits per heavy atom. The van der Waals surface area contributed by atoms with E-state index in [-0.39, 0.29) is 0 Å². The molecule has 6 heteroatoms. The van der Waals surface area contributed by atoms with Crippen molar-refractivity contribution in [3.05, 3.63) is 12.4 Å². The second kappa shape index (κ2) is 6.09. The first kappa shape index (κ1) is 15.8. The van der Waals surface area contributed by atoms with Crippen LogP contribution in [-0.2, 0) is 4.74 Å². The molecular formula is C19H29N5O. The van der Waals surface area contributed by atoms with Gasteiger partial charge in [-0.25, -0.2) is 9.97 Å². The summed E-state index contributed by atoms with van der Waals surface area (Å²) in [4.78, 5) is 11.2. The molecule has 2 saturated heterocycles. The van der Waals surface area contributed by atoms with Crippen molar-refractivity contribution in [1.82, 2.24) is 15.3 Å². The lowest BCUT2D eigenvalue weighted by atomic mass is 9.46. The Labute approximate surface area is 149 Å². The molecule has 1 aromatic heterocycles. The maximum atomic E-state index is 6.05. The lowest BCUT2D eigenvalue weighted by Gasteiger charge is -2.63. The lowest BCUT2D eigenvalue weighted by molar-refractivity contribution is -0.176. The smallest absolute Gasteiger partial charge is 0.134 e. The van der Waals surface area contributed by atoms with Crippen molar-refractivity contribution in [3.63, 3.8) is 0 Å². The molecule has 3 heterocycles. The van der Waals surface area contributed by atoms with E-state index < -0.39 is 0 Å². The maximum Gasteiger partial charge on any atom is 0.134 e. The molecule has 2 aliphatic carbocycles. The molecule has 0 unspecified atom stereocenters. The number of hydrogen-bond acceptors (Lipinski definition) is 6. The van der Waals surface area contributed by atoms with Crippen LogP contribution in [0.3, 0.4) is 0 Å². The van der Waals surface area contributed by atoms with Crippen molar-refractivity contribution in [2.75, 3.05) is 37.0 Å². The summed E-state index contributed by atoms with van der Waals surface area (Å²) < 4.78 is 6.05. The van der Waals surface area contributed by atoms with E-state index in [1.807, 2.05) is 7.05 Å². The number of nitrogens with zero attached hydrogens (tertiary/aromatic N) is 3. The molecule has 25 heavy (non-hydrogen) atoms. The van der Waals surface area contributed by atoms with Gasteiger partial charge in [0.2, 0.25) is 0 Å². The lowest BCUT2D eigenvalue weighted by Crippen LogP contribution is -2.71. The summed E-state index contributed by atoms with van der Waals surface area (Å²) in [6, 6.07) is 3.28. The number of aromatic nitrogens is 2. The predicted molar refractivity (Wildman–Crippen MR) is 97.9 cm³/mol. The average Bonchev–Trinajstić information content (AvgIpc) is 3.22. The minimum atomic E-state index is 0.471. The van der Waals surface area contributed by atoms with E-state index in [1.54, 1.807) is 6.33 Å². The molecule has 4 aliphatic rings. The number of rotatable bonds is 5. The molecule has 5 rings (SSSR count). The zero-order valence-electron chi connectivity index (χ0n) is 15.1. The van der Waals surface area contributed by atoms with E-state index in [9.17, 15) is 0 Å². The van der Waals surface area contributed by atoms with Gasteiger partial charge in [-0.05, 0) is 32.1 Å². The number of nitrogens with one attached hydrogen (secondary N) is 2. The molecule has 0 aromatic carbocycles. The van der Waals surface area contributed by atoms with Crippen molar-refractivity contribution in [2.24, 2.45) is 11.3 Å². The SMILES string of the molecule is CNc1cc(N2CCC[C@H]2CN[C@@H]2[C@H]3CCO[C@H]3C23CCC3)ncn1.